The first kappa shape index (κ1) is 17.9. The molecule has 0 aromatic heterocycles. The van der Waals surface area contributed by atoms with Gasteiger partial charge in [-0.15, -0.1) is 0 Å². The van der Waals surface area contributed by atoms with E-state index >= 15 is 0 Å². The van der Waals surface area contributed by atoms with E-state index in [0.29, 0.717) is 29.8 Å². The first-order chi connectivity index (χ1) is 12.6. The molecule has 0 unspecified atom stereocenters. The number of methoxy groups -OCH3 is 3. The summed E-state index contributed by atoms with van der Waals surface area (Å²) < 4.78 is 16.1. The minimum Gasteiger partial charge on any atom is -0.496 e. The lowest BCUT2D eigenvalue weighted by Crippen LogP contribution is -2.22. The van der Waals surface area contributed by atoms with E-state index in [1.165, 1.54) is 17.5 Å². The molecular weight excluding hydrogens is 330 g/mol. The van der Waals surface area contributed by atoms with Gasteiger partial charge in [0.15, 0.2) is 17.5 Å². The molecule has 0 heterocycles. The topological polar surface area (TPSA) is 78.1 Å². The van der Waals surface area contributed by atoms with Crippen molar-refractivity contribution in [2.24, 2.45) is 10.7 Å². The number of nitrogens with zero attached hydrogens (tertiary/aromatic N) is 1. The van der Waals surface area contributed by atoms with Gasteiger partial charge in [0.25, 0.3) is 0 Å². The summed E-state index contributed by atoms with van der Waals surface area (Å²) in [5.41, 5.74) is 10.7. The normalized spacial score (nSPS) is 13.3. The summed E-state index contributed by atoms with van der Waals surface area (Å²) in [6, 6.07) is 10.00. The number of rotatable bonds is 6. The lowest BCUT2D eigenvalue weighted by Gasteiger charge is -2.13. The van der Waals surface area contributed by atoms with Crippen molar-refractivity contribution in [1.29, 1.82) is 0 Å². The van der Waals surface area contributed by atoms with Crippen molar-refractivity contribution >= 4 is 11.6 Å². The van der Waals surface area contributed by atoms with Gasteiger partial charge in [-0.2, -0.15) is 0 Å². The molecule has 2 aromatic carbocycles. The molecule has 0 radical (unpaired) electrons. The molecule has 0 spiro atoms. The quantitative estimate of drug-likeness (QED) is 0.615. The smallest absolute Gasteiger partial charge is 0.193 e. The van der Waals surface area contributed by atoms with Gasteiger partial charge in [-0.25, -0.2) is 4.99 Å². The standard InChI is InChI=1S/C20H25N3O3/c1-24-17-11-19(26-3)18(25-2)10-15(17)12-22-20(21)23-16-8-7-13-5-4-6-14(13)9-16/h7-11H,4-6,12H2,1-3H3,(H3,21,22,23). The Balaban J connectivity index is 1.74. The molecular formula is C20H25N3O3. The summed E-state index contributed by atoms with van der Waals surface area (Å²) in [6.07, 6.45) is 3.52. The number of nitrogens with two attached hydrogens (primary N) is 1. The maximum Gasteiger partial charge on any atom is 0.193 e. The lowest BCUT2D eigenvalue weighted by atomic mass is 10.1. The Hall–Kier alpha value is -2.89. The fourth-order valence-corrected chi connectivity index (χ4v) is 3.22. The molecule has 0 saturated heterocycles. The van der Waals surface area contributed by atoms with Gasteiger partial charge in [0, 0.05) is 17.3 Å². The second kappa shape index (κ2) is 7.99. The van der Waals surface area contributed by atoms with Crippen molar-refractivity contribution in [3.05, 3.63) is 47.0 Å². The molecule has 1 aliphatic rings. The second-order valence-electron chi connectivity index (χ2n) is 6.18. The van der Waals surface area contributed by atoms with Gasteiger partial charge in [-0.3, -0.25) is 0 Å². The van der Waals surface area contributed by atoms with Crippen molar-refractivity contribution in [2.75, 3.05) is 26.6 Å². The van der Waals surface area contributed by atoms with Crippen LogP contribution in [0.2, 0.25) is 0 Å². The Morgan fingerprint density at radius 1 is 0.962 bits per heavy atom. The molecule has 0 fully saturated rings. The Morgan fingerprint density at radius 3 is 2.38 bits per heavy atom. The van der Waals surface area contributed by atoms with Crippen LogP contribution in [0.15, 0.2) is 35.3 Å². The van der Waals surface area contributed by atoms with Crippen LogP contribution in [0.1, 0.15) is 23.1 Å². The Morgan fingerprint density at radius 2 is 1.65 bits per heavy atom. The molecule has 3 N–H and O–H groups in total. The van der Waals surface area contributed by atoms with Gasteiger partial charge >= 0.3 is 0 Å². The summed E-state index contributed by atoms with van der Waals surface area (Å²) in [4.78, 5) is 4.43. The first-order valence-corrected chi connectivity index (χ1v) is 8.62. The molecule has 0 amide bonds. The fraction of sp³-hybridized carbons (Fsp3) is 0.350. The van der Waals surface area contributed by atoms with E-state index < -0.39 is 0 Å². The SMILES string of the molecule is COc1cc(OC)c(OC)cc1CN=C(N)Nc1ccc2c(c1)CCC2. The van der Waals surface area contributed by atoms with Crippen LogP contribution in [-0.2, 0) is 19.4 Å². The lowest BCUT2D eigenvalue weighted by molar-refractivity contribution is 0.347. The molecule has 6 nitrogen and oxygen atoms in total. The zero-order valence-corrected chi connectivity index (χ0v) is 15.5. The van der Waals surface area contributed by atoms with E-state index in [0.717, 1.165) is 24.1 Å². The van der Waals surface area contributed by atoms with Crippen LogP contribution in [0.4, 0.5) is 5.69 Å². The highest BCUT2D eigenvalue weighted by Gasteiger charge is 2.13. The highest BCUT2D eigenvalue weighted by Crippen LogP contribution is 2.35. The number of guanidine groups is 1. The third-order valence-electron chi connectivity index (χ3n) is 4.58. The third kappa shape index (κ3) is 3.85. The van der Waals surface area contributed by atoms with E-state index in [9.17, 15) is 0 Å². The molecule has 0 bridgehead atoms. The summed E-state index contributed by atoms with van der Waals surface area (Å²) in [5, 5.41) is 3.16. The molecule has 0 saturated carbocycles. The van der Waals surface area contributed by atoms with Gasteiger partial charge in [0.05, 0.1) is 27.9 Å². The van der Waals surface area contributed by atoms with Gasteiger partial charge in [0.2, 0.25) is 0 Å². The van der Waals surface area contributed by atoms with Gasteiger partial charge in [-0.05, 0) is 48.6 Å². The monoisotopic (exact) mass is 355 g/mol. The Bertz CT molecular complexity index is 818. The third-order valence-corrected chi connectivity index (χ3v) is 4.58. The number of ether oxygens (including phenoxy) is 3. The number of aryl methyl sites for hydroxylation is 2. The number of nitrogens with one attached hydrogen (secondary N) is 1. The van der Waals surface area contributed by atoms with Gasteiger partial charge in [0.1, 0.15) is 5.75 Å². The average Bonchev–Trinajstić information content (AvgIpc) is 3.13. The summed E-state index contributed by atoms with van der Waals surface area (Å²) in [7, 11) is 4.80. The Labute approximate surface area is 154 Å². The Kier molecular flexibility index (Phi) is 5.51. The van der Waals surface area contributed by atoms with E-state index in [1.807, 2.05) is 12.1 Å². The van der Waals surface area contributed by atoms with Gasteiger partial charge < -0.3 is 25.3 Å². The van der Waals surface area contributed by atoms with Crippen LogP contribution < -0.4 is 25.3 Å². The van der Waals surface area contributed by atoms with E-state index in [1.54, 1.807) is 27.4 Å². The number of anilines is 1. The predicted octanol–water partition coefficient (Wildman–Crippen LogP) is 3.13. The fourth-order valence-electron chi connectivity index (χ4n) is 3.22. The average molecular weight is 355 g/mol. The molecule has 0 aliphatic heterocycles. The zero-order chi connectivity index (χ0) is 18.5. The number of hydrogen-bond acceptors (Lipinski definition) is 4. The summed E-state index contributed by atoms with van der Waals surface area (Å²) >= 11 is 0. The molecule has 6 heteroatoms. The minimum absolute atomic E-state index is 0.361. The van der Waals surface area contributed by atoms with Crippen molar-refractivity contribution in [2.45, 2.75) is 25.8 Å². The van der Waals surface area contributed by atoms with Crippen molar-refractivity contribution in [1.82, 2.24) is 0 Å². The molecule has 26 heavy (non-hydrogen) atoms. The van der Waals surface area contributed by atoms with Crippen LogP contribution in [0, 0.1) is 0 Å². The maximum atomic E-state index is 6.06. The number of fused-ring (bicyclic) bond motifs is 1. The molecule has 2 aromatic rings. The molecule has 1 aliphatic carbocycles. The molecule has 0 atom stereocenters. The van der Waals surface area contributed by atoms with Crippen molar-refractivity contribution < 1.29 is 14.2 Å². The van der Waals surface area contributed by atoms with Crippen molar-refractivity contribution in [3.63, 3.8) is 0 Å². The van der Waals surface area contributed by atoms with E-state index in [2.05, 4.69) is 22.4 Å². The largest absolute Gasteiger partial charge is 0.496 e. The highest BCUT2D eigenvalue weighted by atomic mass is 16.5. The van der Waals surface area contributed by atoms with Crippen LogP contribution in [0.3, 0.4) is 0 Å². The van der Waals surface area contributed by atoms with Crippen molar-refractivity contribution in [3.8, 4) is 17.2 Å². The number of aliphatic imine (C=N–C) groups is 1. The van der Waals surface area contributed by atoms with Crippen LogP contribution in [0.5, 0.6) is 17.2 Å². The first-order valence-electron chi connectivity index (χ1n) is 8.62. The number of benzene rings is 2. The number of hydrogen-bond donors (Lipinski definition) is 2. The second-order valence-corrected chi connectivity index (χ2v) is 6.18. The van der Waals surface area contributed by atoms with Crippen LogP contribution in [0.25, 0.3) is 0 Å². The van der Waals surface area contributed by atoms with E-state index in [-0.39, 0.29) is 0 Å². The van der Waals surface area contributed by atoms with Crippen LogP contribution in [-0.4, -0.2) is 27.3 Å². The summed E-state index contributed by atoms with van der Waals surface area (Å²) in [5.74, 6) is 2.28. The minimum atomic E-state index is 0.361. The predicted molar refractivity (Wildman–Crippen MR) is 104 cm³/mol. The highest BCUT2D eigenvalue weighted by molar-refractivity contribution is 5.92. The molecule has 138 valence electrons. The van der Waals surface area contributed by atoms with Crippen LogP contribution >= 0.6 is 0 Å². The van der Waals surface area contributed by atoms with Gasteiger partial charge in [-0.1, -0.05) is 6.07 Å². The maximum absolute atomic E-state index is 6.06. The summed E-state index contributed by atoms with van der Waals surface area (Å²) in [6.45, 7) is 0.368. The van der Waals surface area contributed by atoms with E-state index in [4.69, 9.17) is 19.9 Å². The molecule has 3 rings (SSSR count). The zero-order valence-electron chi connectivity index (χ0n) is 15.5.